The van der Waals surface area contributed by atoms with E-state index in [1.54, 1.807) is 18.2 Å². The van der Waals surface area contributed by atoms with Crippen molar-refractivity contribution < 1.29 is 9.53 Å². The molecule has 32 heavy (non-hydrogen) atoms. The van der Waals surface area contributed by atoms with Crippen molar-refractivity contribution in [2.75, 3.05) is 11.1 Å². The van der Waals surface area contributed by atoms with Gasteiger partial charge in [-0.2, -0.15) is 0 Å². The number of nitrogens with zero attached hydrogens (tertiary/aromatic N) is 3. The Balaban J connectivity index is 1.39. The Morgan fingerprint density at radius 2 is 1.88 bits per heavy atom. The number of anilines is 1. The molecule has 1 aromatic heterocycles. The molecule has 1 aliphatic rings. The summed E-state index contributed by atoms with van der Waals surface area (Å²) in [4.78, 5) is 12.4. The normalized spacial score (nSPS) is 14.0. The SMILES string of the molecule is CCn1c(SCC(=O)Nc2ccc(Cl)c(Cl)c2)nnc1-c1ccc(OC2CCCC2)cc1. The first-order chi connectivity index (χ1) is 15.5. The van der Waals surface area contributed by atoms with E-state index in [2.05, 4.69) is 15.5 Å². The molecule has 9 heteroatoms. The number of rotatable bonds is 8. The van der Waals surface area contributed by atoms with Gasteiger partial charge in [-0.1, -0.05) is 35.0 Å². The molecule has 0 saturated heterocycles. The molecule has 0 atom stereocenters. The predicted octanol–water partition coefficient (Wildman–Crippen LogP) is 6.32. The maximum absolute atomic E-state index is 12.4. The summed E-state index contributed by atoms with van der Waals surface area (Å²) in [6, 6.07) is 13.0. The van der Waals surface area contributed by atoms with Crippen LogP contribution in [0.1, 0.15) is 32.6 Å². The highest BCUT2D eigenvalue weighted by Gasteiger charge is 2.18. The van der Waals surface area contributed by atoms with Crippen LogP contribution >= 0.6 is 35.0 Å². The molecule has 4 rings (SSSR count). The van der Waals surface area contributed by atoms with Crippen LogP contribution in [0.4, 0.5) is 5.69 Å². The molecule has 2 aromatic carbocycles. The van der Waals surface area contributed by atoms with Gasteiger partial charge < -0.3 is 14.6 Å². The topological polar surface area (TPSA) is 69.0 Å². The van der Waals surface area contributed by atoms with Crippen molar-refractivity contribution in [2.45, 2.75) is 50.4 Å². The third kappa shape index (κ3) is 5.57. The molecule has 1 fully saturated rings. The van der Waals surface area contributed by atoms with Crippen molar-refractivity contribution in [3.8, 4) is 17.1 Å². The fourth-order valence-electron chi connectivity index (χ4n) is 3.68. The van der Waals surface area contributed by atoms with Gasteiger partial charge in [-0.3, -0.25) is 4.79 Å². The van der Waals surface area contributed by atoms with E-state index in [4.69, 9.17) is 27.9 Å². The molecule has 1 amide bonds. The molecular weight excluding hydrogens is 467 g/mol. The highest BCUT2D eigenvalue weighted by atomic mass is 35.5. The van der Waals surface area contributed by atoms with Gasteiger partial charge in [-0.05, 0) is 75.1 Å². The molecular formula is C23H24Cl2N4O2S. The zero-order valence-electron chi connectivity index (χ0n) is 17.7. The number of benzene rings is 2. The highest BCUT2D eigenvalue weighted by Crippen LogP contribution is 2.29. The Hall–Kier alpha value is -2.22. The molecule has 168 valence electrons. The van der Waals surface area contributed by atoms with Crippen LogP contribution < -0.4 is 10.1 Å². The number of hydrogen-bond acceptors (Lipinski definition) is 5. The van der Waals surface area contributed by atoms with Crippen LogP contribution in [0.25, 0.3) is 11.4 Å². The number of carbonyl (C=O) groups is 1. The molecule has 0 unspecified atom stereocenters. The van der Waals surface area contributed by atoms with E-state index in [1.807, 2.05) is 35.8 Å². The lowest BCUT2D eigenvalue weighted by Gasteiger charge is -2.13. The number of thioether (sulfide) groups is 1. The van der Waals surface area contributed by atoms with Crippen LogP contribution in [-0.2, 0) is 11.3 Å². The van der Waals surface area contributed by atoms with Crippen molar-refractivity contribution in [3.63, 3.8) is 0 Å². The van der Waals surface area contributed by atoms with Crippen molar-refractivity contribution in [2.24, 2.45) is 0 Å². The molecule has 1 N–H and O–H groups in total. The highest BCUT2D eigenvalue weighted by molar-refractivity contribution is 7.99. The lowest BCUT2D eigenvalue weighted by atomic mass is 10.2. The molecule has 0 aliphatic heterocycles. The summed E-state index contributed by atoms with van der Waals surface area (Å²) in [7, 11) is 0. The maximum Gasteiger partial charge on any atom is 0.234 e. The van der Waals surface area contributed by atoms with E-state index in [0.717, 1.165) is 30.0 Å². The second-order valence-corrected chi connectivity index (χ2v) is 9.32. The summed E-state index contributed by atoms with van der Waals surface area (Å²) in [5.41, 5.74) is 1.56. The van der Waals surface area contributed by atoms with Crippen LogP contribution in [0.2, 0.25) is 10.0 Å². The van der Waals surface area contributed by atoms with Crippen LogP contribution in [0, 0.1) is 0 Å². The number of amides is 1. The van der Waals surface area contributed by atoms with E-state index in [1.165, 1.54) is 24.6 Å². The minimum atomic E-state index is -0.158. The van der Waals surface area contributed by atoms with Gasteiger partial charge in [0.1, 0.15) is 5.75 Å². The quantitative estimate of drug-likeness (QED) is 0.373. The zero-order valence-corrected chi connectivity index (χ0v) is 20.0. The Morgan fingerprint density at radius 1 is 1.12 bits per heavy atom. The standard InChI is InChI=1S/C23H24Cl2N4O2S/c1-2-29-22(15-7-10-18(11-8-15)31-17-5-3-4-6-17)27-28-23(29)32-14-21(30)26-16-9-12-19(24)20(25)13-16/h7-13,17H,2-6,14H2,1H3,(H,26,30). The molecule has 0 spiro atoms. The number of hydrogen-bond donors (Lipinski definition) is 1. The van der Waals surface area contributed by atoms with Crippen molar-refractivity contribution >= 4 is 46.6 Å². The van der Waals surface area contributed by atoms with Gasteiger partial charge in [0.05, 0.1) is 21.9 Å². The van der Waals surface area contributed by atoms with Crippen LogP contribution in [0.3, 0.4) is 0 Å². The van der Waals surface area contributed by atoms with Gasteiger partial charge in [0, 0.05) is 17.8 Å². The molecule has 3 aromatic rings. The van der Waals surface area contributed by atoms with Crippen molar-refractivity contribution in [3.05, 3.63) is 52.5 Å². The molecule has 1 aliphatic carbocycles. The Morgan fingerprint density at radius 3 is 2.56 bits per heavy atom. The Kier molecular flexibility index (Phi) is 7.60. The average Bonchev–Trinajstić information content (AvgIpc) is 3.45. The van der Waals surface area contributed by atoms with Crippen LogP contribution in [0.15, 0.2) is 47.6 Å². The van der Waals surface area contributed by atoms with Crippen molar-refractivity contribution in [1.29, 1.82) is 0 Å². The second-order valence-electron chi connectivity index (χ2n) is 7.56. The first-order valence-electron chi connectivity index (χ1n) is 10.6. The third-order valence-corrected chi connectivity index (χ3v) is 6.99. The third-order valence-electron chi connectivity index (χ3n) is 5.29. The zero-order chi connectivity index (χ0) is 22.5. The molecule has 6 nitrogen and oxygen atoms in total. The average molecular weight is 491 g/mol. The van der Waals surface area contributed by atoms with E-state index in [-0.39, 0.29) is 11.7 Å². The first kappa shape index (κ1) is 23.0. The minimum Gasteiger partial charge on any atom is -0.490 e. The smallest absolute Gasteiger partial charge is 0.234 e. The summed E-state index contributed by atoms with van der Waals surface area (Å²) >= 11 is 13.3. The van der Waals surface area contributed by atoms with Gasteiger partial charge in [-0.25, -0.2) is 0 Å². The number of carbonyl (C=O) groups excluding carboxylic acids is 1. The van der Waals surface area contributed by atoms with Gasteiger partial charge in [0.15, 0.2) is 11.0 Å². The molecule has 0 radical (unpaired) electrons. The summed E-state index contributed by atoms with van der Waals surface area (Å²) in [6.07, 6.45) is 5.08. The minimum absolute atomic E-state index is 0.158. The first-order valence-corrected chi connectivity index (χ1v) is 12.4. The van der Waals surface area contributed by atoms with E-state index in [0.29, 0.717) is 33.5 Å². The van der Waals surface area contributed by atoms with Gasteiger partial charge in [0.2, 0.25) is 5.91 Å². The summed E-state index contributed by atoms with van der Waals surface area (Å²) < 4.78 is 8.05. The summed E-state index contributed by atoms with van der Waals surface area (Å²) in [5.74, 6) is 1.70. The molecule has 1 saturated carbocycles. The van der Waals surface area contributed by atoms with Crippen LogP contribution in [0.5, 0.6) is 5.75 Å². The fourth-order valence-corrected chi connectivity index (χ4v) is 4.78. The number of nitrogens with one attached hydrogen (secondary N) is 1. The number of ether oxygens (including phenoxy) is 1. The summed E-state index contributed by atoms with van der Waals surface area (Å²) in [6.45, 7) is 2.73. The van der Waals surface area contributed by atoms with Crippen molar-refractivity contribution in [1.82, 2.24) is 14.8 Å². The Labute approximate surface area is 201 Å². The van der Waals surface area contributed by atoms with Gasteiger partial charge >= 0.3 is 0 Å². The largest absolute Gasteiger partial charge is 0.490 e. The Bertz CT molecular complexity index is 1080. The maximum atomic E-state index is 12.4. The molecule has 0 bridgehead atoms. The number of halogens is 2. The predicted molar refractivity (Wildman–Crippen MR) is 130 cm³/mol. The molecule has 1 heterocycles. The van der Waals surface area contributed by atoms with E-state index in [9.17, 15) is 4.79 Å². The summed E-state index contributed by atoms with van der Waals surface area (Å²) in [5, 5.41) is 13.0. The fraction of sp³-hybridized carbons (Fsp3) is 0.348. The number of aromatic nitrogens is 3. The van der Waals surface area contributed by atoms with Gasteiger partial charge in [0.25, 0.3) is 0 Å². The lowest BCUT2D eigenvalue weighted by Crippen LogP contribution is -2.14. The van der Waals surface area contributed by atoms with E-state index >= 15 is 0 Å². The van der Waals surface area contributed by atoms with Gasteiger partial charge in [-0.15, -0.1) is 10.2 Å². The monoisotopic (exact) mass is 490 g/mol. The van der Waals surface area contributed by atoms with Crippen LogP contribution in [-0.4, -0.2) is 32.5 Å². The second kappa shape index (κ2) is 10.6. The van der Waals surface area contributed by atoms with E-state index < -0.39 is 0 Å². The lowest BCUT2D eigenvalue weighted by molar-refractivity contribution is -0.113.